The Morgan fingerprint density at radius 3 is 2.64 bits per heavy atom. The lowest BCUT2D eigenvalue weighted by molar-refractivity contribution is 0.102. The summed E-state index contributed by atoms with van der Waals surface area (Å²) in [5.74, 6) is -0.739. The number of aryl methyl sites for hydroxylation is 1. The number of carbonyl (C=O) groups excluding carboxylic acids is 1. The molecule has 7 nitrogen and oxygen atoms in total. The number of aromatic nitrogens is 4. The number of H-pyrrole nitrogens is 2. The van der Waals surface area contributed by atoms with Crippen LogP contribution < -0.4 is 11.0 Å². The molecule has 2 aromatic heterocycles. The van der Waals surface area contributed by atoms with Gasteiger partial charge in [0.15, 0.2) is 0 Å². The molecule has 0 fully saturated rings. The first-order chi connectivity index (χ1) is 13.4. The fraction of sp³-hybridized carbons (Fsp3) is 0.105. The summed E-state index contributed by atoms with van der Waals surface area (Å²) in [6.07, 6.45) is 0. The Morgan fingerprint density at radius 1 is 1.18 bits per heavy atom. The van der Waals surface area contributed by atoms with Gasteiger partial charge in [-0.1, -0.05) is 23.7 Å². The van der Waals surface area contributed by atoms with Gasteiger partial charge in [0.05, 0.1) is 28.8 Å². The zero-order valence-corrected chi connectivity index (χ0v) is 15.5. The van der Waals surface area contributed by atoms with E-state index in [1.807, 2.05) is 0 Å². The van der Waals surface area contributed by atoms with Gasteiger partial charge in [0, 0.05) is 5.69 Å². The maximum absolute atomic E-state index is 13.1. The van der Waals surface area contributed by atoms with Crippen LogP contribution >= 0.6 is 11.6 Å². The van der Waals surface area contributed by atoms with Crippen LogP contribution in [0.3, 0.4) is 0 Å². The Bertz CT molecular complexity index is 1240. The molecule has 3 N–H and O–H groups in total. The number of nitrogens with zero attached hydrogens (tertiary/aromatic N) is 2. The van der Waals surface area contributed by atoms with Gasteiger partial charge in [-0.2, -0.15) is 5.10 Å². The van der Waals surface area contributed by atoms with E-state index in [1.54, 1.807) is 37.3 Å². The number of imidazole rings is 1. The summed E-state index contributed by atoms with van der Waals surface area (Å²) in [7, 11) is 0. The number of anilines is 1. The van der Waals surface area contributed by atoms with Gasteiger partial charge >= 0.3 is 5.69 Å². The minimum atomic E-state index is -0.412. The molecule has 0 aliphatic heterocycles. The zero-order chi connectivity index (χ0) is 19.8. The maximum Gasteiger partial charge on any atom is 0.323 e. The Kier molecular flexibility index (Phi) is 4.48. The molecule has 2 aromatic carbocycles. The number of carbonyl (C=O) groups is 1. The standard InChI is InChI=1S/C19H15ClFN5O2/c1-10-16(17(20)26(25-10)9-11-2-4-12(21)5-3-11)18(27)22-13-6-7-14-15(8-13)24-19(28)23-14/h2-8H,9H2,1H3,(H,22,27)(H2,23,24,28). The number of nitrogens with one attached hydrogen (secondary N) is 3. The predicted molar refractivity (Wildman–Crippen MR) is 104 cm³/mol. The van der Waals surface area contributed by atoms with Crippen molar-refractivity contribution in [3.05, 3.63) is 80.7 Å². The third kappa shape index (κ3) is 3.41. The average Bonchev–Trinajstić information content (AvgIpc) is 3.15. The number of hydrogen-bond donors (Lipinski definition) is 3. The molecule has 9 heteroatoms. The lowest BCUT2D eigenvalue weighted by Crippen LogP contribution is -2.13. The highest BCUT2D eigenvalue weighted by Crippen LogP contribution is 2.23. The number of hydrogen-bond acceptors (Lipinski definition) is 3. The van der Waals surface area contributed by atoms with Crippen LogP contribution in [-0.4, -0.2) is 25.7 Å². The van der Waals surface area contributed by atoms with Gasteiger partial charge in [0.25, 0.3) is 5.91 Å². The van der Waals surface area contributed by atoms with Gasteiger partial charge in [-0.3, -0.25) is 4.79 Å². The minimum Gasteiger partial charge on any atom is -0.322 e. The quantitative estimate of drug-likeness (QED) is 0.490. The van der Waals surface area contributed by atoms with Crippen molar-refractivity contribution in [3.63, 3.8) is 0 Å². The van der Waals surface area contributed by atoms with E-state index in [9.17, 15) is 14.0 Å². The van der Waals surface area contributed by atoms with Crippen molar-refractivity contribution in [3.8, 4) is 0 Å². The summed E-state index contributed by atoms with van der Waals surface area (Å²) in [5, 5.41) is 7.28. The van der Waals surface area contributed by atoms with Crippen molar-refractivity contribution in [2.75, 3.05) is 5.32 Å². The molecule has 0 spiro atoms. The number of amides is 1. The van der Waals surface area contributed by atoms with Crippen LogP contribution in [0.15, 0.2) is 47.3 Å². The topological polar surface area (TPSA) is 95.6 Å². The second kappa shape index (κ2) is 6.97. The van der Waals surface area contributed by atoms with Gasteiger partial charge in [-0.05, 0) is 42.8 Å². The molecular weight excluding hydrogens is 385 g/mol. The van der Waals surface area contributed by atoms with Crippen LogP contribution in [0.1, 0.15) is 21.6 Å². The van der Waals surface area contributed by atoms with Crippen LogP contribution in [-0.2, 0) is 6.54 Å². The molecule has 2 heterocycles. The predicted octanol–water partition coefficient (Wildman–Crippen LogP) is 3.45. The fourth-order valence-electron chi connectivity index (χ4n) is 2.98. The Labute approximate surface area is 163 Å². The van der Waals surface area contributed by atoms with E-state index in [2.05, 4.69) is 20.4 Å². The van der Waals surface area contributed by atoms with Crippen molar-refractivity contribution >= 4 is 34.2 Å². The van der Waals surface area contributed by atoms with Crippen molar-refractivity contribution in [2.45, 2.75) is 13.5 Å². The van der Waals surface area contributed by atoms with E-state index in [1.165, 1.54) is 16.8 Å². The molecule has 0 atom stereocenters. The number of benzene rings is 2. The SMILES string of the molecule is Cc1nn(Cc2ccc(F)cc2)c(Cl)c1C(=O)Nc1ccc2[nH]c(=O)[nH]c2c1. The van der Waals surface area contributed by atoms with Crippen LogP contribution in [0, 0.1) is 12.7 Å². The van der Waals surface area contributed by atoms with Gasteiger partial charge in [0.1, 0.15) is 11.0 Å². The number of fused-ring (bicyclic) bond motifs is 1. The second-order valence-electron chi connectivity index (χ2n) is 6.33. The molecule has 142 valence electrons. The summed E-state index contributed by atoms with van der Waals surface area (Å²) >= 11 is 6.38. The van der Waals surface area contributed by atoms with E-state index in [0.29, 0.717) is 29.0 Å². The summed E-state index contributed by atoms with van der Waals surface area (Å²) in [4.78, 5) is 29.4. The first-order valence-corrected chi connectivity index (χ1v) is 8.79. The normalized spacial score (nSPS) is 11.1. The van der Waals surface area contributed by atoms with Crippen LogP contribution in [0.5, 0.6) is 0 Å². The van der Waals surface area contributed by atoms with Gasteiger partial charge < -0.3 is 15.3 Å². The number of rotatable bonds is 4. The van der Waals surface area contributed by atoms with Crippen LogP contribution in [0.25, 0.3) is 11.0 Å². The maximum atomic E-state index is 13.1. The smallest absolute Gasteiger partial charge is 0.322 e. The van der Waals surface area contributed by atoms with Gasteiger partial charge in [-0.25, -0.2) is 13.9 Å². The molecule has 28 heavy (non-hydrogen) atoms. The van der Waals surface area contributed by atoms with E-state index >= 15 is 0 Å². The minimum absolute atomic E-state index is 0.190. The molecule has 1 amide bonds. The summed E-state index contributed by atoms with van der Waals surface area (Å²) in [6, 6.07) is 11.0. The van der Waals surface area contributed by atoms with E-state index < -0.39 is 5.91 Å². The lowest BCUT2D eigenvalue weighted by atomic mass is 10.2. The summed E-state index contributed by atoms with van der Waals surface area (Å²) in [5.41, 5.74) is 2.95. The Morgan fingerprint density at radius 2 is 1.89 bits per heavy atom. The molecule has 4 aromatic rings. The molecular formula is C19H15ClFN5O2. The monoisotopic (exact) mass is 399 g/mol. The molecule has 0 aliphatic carbocycles. The van der Waals surface area contributed by atoms with Crippen LogP contribution in [0.4, 0.5) is 10.1 Å². The van der Waals surface area contributed by atoms with Crippen molar-refractivity contribution in [1.29, 1.82) is 0 Å². The molecule has 0 unspecified atom stereocenters. The van der Waals surface area contributed by atoms with E-state index in [4.69, 9.17) is 11.6 Å². The van der Waals surface area contributed by atoms with Gasteiger partial charge in [-0.15, -0.1) is 0 Å². The zero-order valence-electron chi connectivity index (χ0n) is 14.7. The van der Waals surface area contributed by atoms with E-state index in [-0.39, 0.29) is 22.2 Å². The first kappa shape index (κ1) is 18.0. The molecule has 0 bridgehead atoms. The molecule has 0 saturated heterocycles. The highest BCUT2D eigenvalue weighted by atomic mass is 35.5. The number of halogens is 2. The summed E-state index contributed by atoms with van der Waals surface area (Å²) in [6.45, 7) is 2.00. The van der Waals surface area contributed by atoms with Crippen molar-refractivity contribution in [2.24, 2.45) is 0 Å². The molecule has 0 saturated carbocycles. The van der Waals surface area contributed by atoms with Crippen LogP contribution in [0.2, 0.25) is 5.15 Å². The molecule has 4 rings (SSSR count). The fourth-order valence-corrected chi connectivity index (χ4v) is 3.30. The van der Waals surface area contributed by atoms with Crippen molar-refractivity contribution in [1.82, 2.24) is 19.7 Å². The largest absolute Gasteiger partial charge is 0.323 e. The second-order valence-corrected chi connectivity index (χ2v) is 6.69. The first-order valence-electron chi connectivity index (χ1n) is 8.41. The number of aromatic amines is 2. The molecule has 0 radical (unpaired) electrons. The molecule has 0 aliphatic rings. The Hall–Kier alpha value is -3.39. The Balaban J connectivity index is 1.58. The lowest BCUT2D eigenvalue weighted by Gasteiger charge is -2.06. The average molecular weight is 400 g/mol. The summed E-state index contributed by atoms with van der Waals surface area (Å²) < 4.78 is 14.6. The van der Waals surface area contributed by atoms with Gasteiger partial charge in [0.2, 0.25) is 0 Å². The van der Waals surface area contributed by atoms with Crippen molar-refractivity contribution < 1.29 is 9.18 Å². The highest BCUT2D eigenvalue weighted by Gasteiger charge is 2.21. The van der Waals surface area contributed by atoms with E-state index in [0.717, 1.165) is 5.56 Å². The third-order valence-electron chi connectivity index (χ3n) is 4.31. The highest BCUT2D eigenvalue weighted by molar-refractivity contribution is 6.33. The third-order valence-corrected chi connectivity index (χ3v) is 4.70.